The van der Waals surface area contributed by atoms with Gasteiger partial charge in [-0.05, 0) is 12.8 Å². The highest BCUT2D eigenvalue weighted by molar-refractivity contribution is 6.12. The summed E-state index contributed by atoms with van der Waals surface area (Å²) in [6.45, 7) is 1.45. The van der Waals surface area contributed by atoms with Gasteiger partial charge in [-0.2, -0.15) is 13.2 Å². The maximum atomic E-state index is 12.2. The molecule has 1 rings (SSSR count). The Balaban J connectivity index is 2.13. The highest BCUT2D eigenvalue weighted by atomic mass is 19.4. The summed E-state index contributed by atoms with van der Waals surface area (Å²) in [4.78, 5) is 23.4. The van der Waals surface area contributed by atoms with E-state index in [9.17, 15) is 22.8 Å². The van der Waals surface area contributed by atoms with E-state index in [4.69, 9.17) is 0 Å². The average molecular weight is 263 g/mol. The molecule has 0 bridgehead atoms. The van der Waals surface area contributed by atoms with Crippen LogP contribution in [0.3, 0.4) is 0 Å². The van der Waals surface area contributed by atoms with Crippen molar-refractivity contribution in [3.05, 3.63) is 12.2 Å². The van der Waals surface area contributed by atoms with E-state index in [1.54, 1.807) is 0 Å². The first-order valence-corrected chi connectivity index (χ1v) is 5.92. The fourth-order valence-corrected chi connectivity index (χ4v) is 1.71. The van der Waals surface area contributed by atoms with E-state index in [1.165, 1.54) is 12.2 Å². The van der Waals surface area contributed by atoms with Gasteiger partial charge in [-0.3, -0.25) is 14.5 Å². The van der Waals surface area contributed by atoms with Gasteiger partial charge in [0, 0.05) is 18.7 Å². The minimum Gasteiger partial charge on any atom is -0.275 e. The van der Waals surface area contributed by atoms with E-state index < -0.39 is 12.1 Å². The van der Waals surface area contributed by atoms with Crippen molar-refractivity contribution in [2.24, 2.45) is 5.92 Å². The number of carbonyl (C=O) groups excluding carboxylic acids is 2. The Bertz CT molecular complexity index is 332. The van der Waals surface area contributed by atoms with Crippen molar-refractivity contribution in [3.8, 4) is 0 Å². The van der Waals surface area contributed by atoms with Gasteiger partial charge in [0.25, 0.3) is 11.8 Å². The van der Waals surface area contributed by atoms with Crippen LogP contribution in [0.25, 0.3) is 0 Å². The molecule has 1 unspecified atom stereocenters. The molecular formula is C12H16F3NO2. The molecule has 0 aromatic rings. The molecule has 3 nitrogen and oxygen atoms in total. The third kappa shape index (κ3) is 4.16. The van der Waals surface area contributed by atoms with Gasteiger partial charge < -0.3 is 0 Å². The normalized spacial score (nSPS) is 17.7. The molecular weight excluding hydrogens is 247 g/mol. The van der Waals surface area contributed by atoms with Crippen LogP contribution >= 0.6 is 0 Å². The summed E-state index contributed by atoms with van der Waals surface area (Å²) in [5.74, 6) is -1.98. The second kappa shape index (κ2) is 6.02. The molecule has 1 aliphatic heterocycles. The van der Waals surface area contributed by atoms with E-state index in [1.807, 2.05) is 0 Å². The minimum absolute atomic E-state index is 0.0869. The number of halogens is 3. The minimum atomic E-state index is -4.13. The zero-order valence-electron chi connectivity index (χ0n) is 10.2. The molecule has 1 aliphatic rings. The molecule has 0 saturated heterocycles. The van der Waals surface area contributed by atoms with E-state index in [2.05, 4.69) is 0 Å². The van der Waals surface area contributed by atoms with Crippen LogP contribution in [0.1, 0.15) is 32.6 Å². The van der Waals surface area contributed by atoms with Crippen LogP contribution in [0.15, 0.2) is 12.2 Å². The van der Waals surface area contributed by atoms with Crippen molar-refractivity contribution in [2.75, 3.05) is 6.54 Å². The fourth-order valence-electron chi connectivity index (χ4n) is 1.71. The lowest BCUT2D eigenvalue weighted by Gasteiger charge is -2.16. The molecule has 2 amide bonds. The number of nitrogens with zero attached hydrogens (tertiary/aromatic N) is 1. The van der Waals surface area contributed by atoms with Crippen molar-refractivity contribution in [2.45, 2.75) is 38.8 Å². The van der Waals surface area contributed by atoms with Crippen LogP contribution in [0.5, 0.6) is 0 Å². The van der Waals surface area contributed by atoms with Gasteiger partial charge in [0.1, 0.15) is 0 Å². The summed E-state index contributed by atoms with van der Waals surface area (Å²) in [6.07, 6.45) is -0.0674. The van der Waals surface area contributed by atoms with Crippen LogP contribution in [0, 0.1) is 5.92 Å². The van der Waals surface area contributed by atoms with Crippen LogP contribution in [0.2, 0.25) is 0 Å². The van der Waals surface area contributed by atoms with Crippen LogP contribution < -0.4 is 0 Å². The zero-order chi connectivity index (χ0) is 13.8. The lowest BCUT2D eigenvalue weighted by Crippen LogP contribution is -2.30. The maximum absolute atomic E-state index is 12.2. The van der Waals surface area contributed by atoms with Crippen molar-refractivity contribution in [3.63, 3.8) is 0 Å². The predicted octanol–water partition coefficient (Wildman–Crippen LogP) is 2.67. The summed E-state index contributed by atoms with van der Waals surface area (Å²) in [5, 5.41) is 0. The molecule has 0 fully saturated rings. The molecule has 18 heavy (non-hydrogen) atoms. The highest BCUT2D eigenvalue weighted by Crippen LogP contribution is 2.29. The van der Waals surface area contributed by atoms with E-state index in [0.717, 1.165) is 11.8 Å². The van der Waals surface area contributed by atoms with E-state index in [0.29, 0.717) is 19.3 Å². The predicted molar refractivity (Wildman–Crippen MR) is 59.5 cm³/mol. The summed E-state index contributed by atoms with van der Waals surface area (Å²) < 4.78 is 36.6. The largest absolute Gasteiger partial charge is 0.391 e. The van der Waals surface area contributed by atoms with Gasteiger partial charge in [0.15, 0.2) is 0 Å². The third-order valence-electron chi connectivity index (χ3n) is 2.98. The lowest BCUT2D eigenvalue weighted by atomic mass is 10.0. The first kappa shape index (κ1) is 14.7. The topological polar surface area (TPSA) is 37.4 Å². The van der Waals surface area contributed by atoms with Gasteiger partial charge >= 0.3 is 6.18 Å². The maximum Gasteiger partial charge on any atom is 0.391 e. The number of carbonyl (C=O) groups is 2. The number of hydrogen-bond acceptors (Lipinski definition) is 2. The number of amides is 2. The second-order valence-corrected chi connectivity index (χ2v) is 4.45. The first-order chi connectivity index (χ1) is 8.32. The Hall–Kier alpha value is -1.33. The van der Waals surface area contributed by atoms with Gasteiger partial charge in [0.2, 0.25) is 0 Å². The number of unbranched alkanes of at least 4 members (excludes halogenated alkanes) is 2. The standard InChI is InChI=1S/C12H16F3NO2/c1-9(12(13,14)15)5-3-2-4-8-16-10(17)6-7-11(16)18/h6-7,9H,2-5,8H2,1H3. The van der Waals surface area contributed by atoms with E-state index in [-0.39, 0.29) is 24.8 Å². The number of imide groups is 1. The molecule has 0 radical (unpaired) electrons. The van der Waals surface area contributed by atoms with Gasteiger partial charge in [-0.1, -0.05) is 19.8 Å². The summed E-state index contributed by atoms with van der Waals surface area (Å²) in [6, 6.07) is 0. The van der Waals surface area contributed by atoms with Crippen molar-refractivity contribution in [1.29, 1.82) is 0 Å². The SMILES string of the molecule is CC(CCCCCN1C(=O)C=CC1=O)C(F)(F)F. The second-order valence-electron chi connectivity index (χ2n) is 4.45. The summed E-state index contributed by atoms with van der Waals surface area (Å²) >= 11 is 0. The average Bonchev–Trinajstić information content (AvgIpc) is 2.58. The summed E-state index contributed by atoms with van der Waals surface area (Å²) in [5.41, 5.74) is 0. The fraction of sp³-hybridized carbons (Fsp3) is 0.667. The van der Waals surface area contributed by atoms with Gasteiger partial charge in [-0.15, -0.1) is 0 Å². The van der Waals surface area contributed by atoms with Crippen molar-refractivity contribution in [1.82, 2.24) is 4.90 Å². The monoisotopic (exact) mass is 263 g/mol. The third-order valence-corrected chi connectivity index (χ3v) is 2.98. The Labute approximate surface area is 104 Å². The molecule has 1 atom stereocenters. The molecule has 0 aromatic heterocycles. The Morgan fingerprint density at radius 3 is 2.17 bits per heavy atom. The molecule has 102 valence electrons. The van der Waals surface area contributed by atoms with E-state index >= 15 is 0 Å². The zero-order valence-corrected chi connectivity index (χ0v) is 10.2. The number of rotatable bonds is 6. The van der Waals surface area contributed by atoms with Gasteiger partial charge in [0.05, 0.1) is 5.92 Å². The molecule has 0 spiro atoms. The number of hydrogen-bond donors (Lipinski definition) is 0. The number of alkyl halides is 3. The molecule has 0 N–H and O–H groups in total. The van der Waals surface area contributed by atoms with Crippen molar-refractivity contribution < 1.29 is 22.8 Å². The van der Waals surface area contributed by atoms with Crippen molar-refractivity contribution >= 4 is 11.8 Å². The summed E-state index contributed by atoms with van der Waals surface area (Å²) in [7, 11) is 0. The Morgan fingerprint density at radius 1 is 1.11 bits per heavy atom. The molecule has 0 saturated carbocycles. The highest BCUT2D eigenvalue weighted by Gasteiger charge is 2.35. The van der Waals surface area contributed by atoms with Crippen LogP contribution in [0.4, 0.5) is 13.2 Å². The molecule has 6 heteroatoms. The van der Waals surface area contributed by atoms with Gasteiger partial charge in [-0.25, -0.2) is 0 Å². The quantitative estimate of drug-likeness (QED) is 0.545. The smallest absolute Gasteiger partial charge is 0.275 e. The Kier molecular flexibility index (Phi) is 4.93. The molecule has 1 heterocycles. The molecule has 0 aliphatic carbocycles. The lowest BCUT2D eigenvalue weighted by molar-refractivity contribution is -0.171. The van der Waals surface area contributed by atoms with Crippen LogP contribution in [-0.2, 0) is 9.59 Å². The van der Waals surface area contributed by atoms with Crippen LogP contribution in [-0.4, -0.2) is 29.4 Å². The molecule has 0 aromatic carbocycles. The first-order valence-electron chi connectivity index (χ1n) is 5.92. The Morgan fingerprint density at radius 2 is 1.67 bits per heavy atom.